The summed E-state index contributed by atoms with van der Waals surface area (Å²) in [6.07, 6.45) is 4.34. The molecule has 2 unspecified atom stereocenters. The van der Waals surface area contributed by atoms with Gasteiger partial charge < -0.3 is 5.32 Å². The molecule has 0 amide bonds. The van der Waals surface area contributed by atoms with Crippen molar-refractivity contribution in [2.24, 2.45) is 5.92 Å². The zero-order chi connectivity index (χ0) is 5.61. The standard InChI is InChI=1S/C7H13N/c1-7-4-2-3-6(7)5-8-7/h6,8H,2-5H2,1H3. The van der Waals surface area contributed by atoms with Crippen molar-refractivity contribution >= 4 is 0 Å². The van der Waals surface area contributed by atoms with Crippen LogP contribution in [0.3, 0.4) is 0 Å². The van der Waals surface area contributed by atoms with E-state index in [0.717, 1.165) is 5.92 Å². The molecule has 1 aliphatic heterocycles. The molecule has 2 aliphatic rings. The molecule has 1 heteroatoms. The van der Waals surface area contributed by atoms with E-state index in [2.05, 4.69) is 12.2 Å². The van der Waals surface area contributed by atoms with E-state index in [-0.39, 0.29) is 0 Å². The van der Waals surface area contributed by atoms with Gasteiger partial charge in [-0.25, -0.2) is 0 Å². The fourth-order valence-corrected chi connectivity index (χ4v) is 2.02. The van der Waals surface area contributed by atoms with Crippen LogP contribution >= 0.6 is 0 Å². The lowest BCUT2D eigenvalue weighted by Crippen LogP contribution is -2.59. The van der Waals surface area contributed by atoms with Crippen molar-refractivity contribution in [3.63, 3.8) is 0 Å². The van der Waals surface area contributed by atoms with Crippen molar-refractivity contribution in [2.45, 2.75) is 31.7 Å². The Bertz CT molecular complexity index is 111. The second kappa shape index (κ2) is 1.27. The van der Waals surface area contributed by atoms with Crippen LogP contribution in [0.25, 0.3) is 0 Å². The van der Waals surface area contributed by atoms with Gasteiger partial charge in [-0.15, -0.1) is 0 Å². The van der Waals surface area contributed by atoms with Gasteiger partial charge in [0.15, 0.2) is 0 Å². The normalized spacial score (nSPS) is 52.9. The maximum atomic E-state index is 3.48. The summed E-state index contributed by atoms with van der Waals surface area (Å²) in [5.74, 6) is 1.03. The van der Waals surface area contributed by atoms with Gasteiger partial charge >= 0.3 is 0 Å². The molecule has 46 valence electrons. The Hall–Kier alpha value is -0.0400. The van der Waals surface area contributed by atoms with Gasteiger partial charge in [0.05, 0.1) is 0 Å². The fourth-order valence-electron chi connectivity index (χ4n) is 2.02. The Morgan fingerprint density at radius 3 is 2.75 bits per heavy atom. The van der Waals surface area contributed by atoms with Gasteiger partial charge in [-0.3, -0.25) is 0 Å². The Balaban J connectivity index is 2.14. The van der Waals surface area contributed by atoms with Crippen molar-refractivity contribution in [2.75, 3.05) is 6.54 Å². The largest absolute Gasteiger partial charge is 0.311 e. The number of rotatable bonds is 0. The molecular formula is C7H13N. The van der Waals surface area contributed by atoms with Crippen LogP contribution in [-0.4, -0.2) is 12.1 Å². The van der Waals surface area contributed by atoms with Crippen LogP contribution in [-0.2, 0) is 0 Å². The van der Waals surface area contributed by atoms with E-state index in [1.807, 2.05) is 0 Å². The number of nitrogens with one attached hydrogen (secondary N) is 1. The first-order chi connectivity index (χ1) is 3.81. The minimum Gasteiger partial charge on any atom is -0.311 e. The molecule has 0 radical (unpaired) electrons. The van der Waals surface area contributed by atoms with Crippen molar-refractivity contribution < 1.29 is 0 Å². The highest BCUT2D eigenvalue weighted by Gasteiger charge is 2.45. The summed E-state index contributed by atoms with van der Waals surface area (Å²) in [6, 6.07) is 0. The maximum Gasteiger partial charge on any atom is 0.0193 e. The second-order valence-corrected chi connectivity index (χ2v) is 3.39. The summed E-state index contributed by atoms with van der Waals surface area (Å²) < 4.78 is 0. The van der Waals surface area contributed by atoms with Gasteiger partial charge in [-0.05, 0) is 25.7 Å². The highest BCUT2D eigenvalue weighted by molar-refractivity contribution is 5.04. The molecule has 2 fully saturated rings. The molecule has 0 aromatic heterocycles. The molecule has 8 heavy (non-hydrogen) atoms. The number of fused-ring (bicyclic) bond motifs is 1. The minimum atomic E-state index is 0.583. The molecule has 2 rings (SSSR count). The zero-order valence-electron chi connectivity index (χ0n) is 5.41. The second-order valence-electron chi connectivity index (χ2n) is 3.39. The van der Waals surface area contributed by atoms with Crippen LogP contribution in [0.15, 0.2) is 0 Å². The first kappa shape index (κ1) is 4.80. The third kappa shape index (κ3) is 0.408. The van der Waals surface area contributed by atoms with Gasteiger partial charge in [0, 0.05) is 12.1 Å². The SMILES string of the molecule is CC12CCCC1CN2. The molecule has 1 saturated heterocycles. The quantitative estimate of drug-likeness (QED) is 0.494. The maximum absolute atomic E-state index is 3.48. The van der Waals surface area contributed by atoms with E-state index < -0.39 is 0 Å². The van der Waals surface area contributed by atoms with Crippen LogP contribution in [0.4, 0.5) is 0 Å². The molecule has 0 spiro atoms. The number of hydrogen-bond acceptors (Lipinski definition) is 1. The van der Waals surface area contributed by atoms with Crippen molar-refractivity contribution in [1.29, 1.82) is 0 Å². The Morgan fingerprint density at radius 2 is 2.50 bits per heavy atom. The van der Waals surface area contributed by atoms with E-state index in [4.69, 9.17) is 0 Å². The third-order valence-corrected chi connectivity index (χ3v) is 2.90. The van der Waals surface area contributed by atoms with E-state index in [9.17, 15) is 0 Å². The van der Waals surface area contributed by atoms with Crippen LogP contribution in [0.1, 0.15) is 26.2 Å². The average Bonchev–Trinajstić information content (AvgIpc) is 1.94. The summed E-state index contributed by atoms with van der Waals surface area (Å²) in [5.41, 5.74) is 0.583. The highest BCUT2D eigenvalue weighted by Crippen LogP contribution is 2.40. The van der Waals surface area contributed by atoms with Crippen molar-refractivity contribution in [1.82, 2.24) is 5.32 Å². The first-order valence-corrected chi connectivity index (χ1v) is 3.56. The van der Waals surface area contributed by atoms with Crippen LogP contribution in [0.2, 0.25) is 0 Å². The molecule has 1 N–H and O–H groups in total. The minimum absolute atomic E-state index is 0.583. The predicted octanol–water partition coefficient (Wildman–Crippen LogP) is 1.15. The lowest BCUT2D eigenvalue weighted by molar-refractivity contribution is 0.157. The van der Waals surface area contributed by atoms with Gasteiger partial charge in [-0.2, -0.15) is 0 Å². The van der Waals surface area contributed by atoms with Crippen LogP contribution in [0.5, 0.6) is 0 Å². The summed E-state index contributed by atoms with van der Waals surface area (Å²) >= 11 is 0. The summed E-state index contributed by atoms with van der Waals surface area (Å²) in [4.78, 5) is 0. The monoisotopic (exact) mass is 111 g/mol. The molecule has 0 aromatic rings. The lowest BCUT2D eigenvalue weighted by Gasteiger charge is -2.43. The fraction of sp³-hybridized carbons (Fsp3) is 1.00. The number of hydrogen-bond donors (Lipinski definition) is 1. The molecule has 1 aliphatic carbocycles. The molecule has 2 atom stereocenters. The smallest absolute Gasteiger partial charge is 0.0193 e. The van der Waals surface area contributed by atoms with Crippen molar-refractivity contribution in [3.8, 4) is 0 Å². The summed E-state index contributed by atoms with van der Waals surface area (Å²) in [5, 5.41) is 3.48. The summed E-state index contributed by atoms with van der Waals surface area (Å²) in [7, 11) is 0. The predicted molar refractivity (Wildman–Crippen MR) is 33.7 cm³/mol. The highest BCUT2D eigenvalue weighted by atomic mass is 15.1. The van der Waals surface area contributed by atoms with E-state index in [0.29, 0.717) is 5.54 Å². The Labute approximate surface area is 50.5 Å². The average molecular weight is 111 g/mol. The summed E-state index contributed by atoms with van der Waals surface area (Å²) in [6.45, 7) is 3.64. The third-order valence-electron chi connectivity index (χ3n) is 2.90. The Morgan fingerprint density at radius 1 is 1.62 bits per heavy atom. The molecule has 1 nitrogen and oxygen atoms in total. The van der Waals surface area contributed by atoms with E-state index in [1.54, 1.807) is 0 Å². The topological polar surface area (TPSA) is 12.0 Å². The van der Waals surface area contributed by atoms with Crippen molar-refractivity contribution in [3.05, 3.63) is 0 Å². The Kier molecular flexibility index (Phi) is 0.762. The molecule has 0 aromatic carbocycles. The van der Waals surface area contributed by atoms with Gasteiger partial charge in [0.1, 0.15) is 0 Å². The zero-order valence-corrected chi connectivity index (χ0v) is 5.41. The lowest BCUT2D eigenvalue weighted by atomic mass is 9.81. The molecular weight excluding hydrogens is 98.1 g/mol. The first-order valence-electron chi connectivity index (χ1n) is 3.56. The molecule has 0 bridgehead atoms. The molecule has 1 heterocycles. The van der Waals surface area contributed by atoms with Gasteiger partial charge in [0.25, 0.3) is 0 Å². The van der Waals surface area contributed by atoms with Gasteiger partial charge in [-0.1, -0.05) is 6.42 Å². The van der Waals surface area contributed by atoms with E-state index in [1.165, 1.54) is 25.8 Å². The van der Waals surface area contributed by atoms with Crippen LogP contribution < -0.4 is 5.32 Å². The van der Waals surface area contributed by atoms with Crippen LogP contribution in [0, 0.1) is 5.92 Å². The molecule has 1 saturated carbocycles. The van der Waals surface area contributed by atoms with E-state index >= 15 is 0 Å². The van der Waals surface area contributed by atoms with Gasteiger partial charge in [0.2, 0.25) is 0 Å².